The third-order valence-electron chi connectivity index (χ3n) is 4.99. The maximum atomic E-state index is 12.8. The first-order valence-electron chi connectivity index (χ1n) is 8.56. The van der Waals surface area contributed by atoms with Crippen LogP contribution in [-0.4, -0.2) is 42.8 Å². The molecule has 0 N–H and O–H groups in total. The molecule has 1 fully saturated rings. The molecule has 4 rings (SSSR count). The fourth-order valence-corrected chi connectivity index (χ4v) is 3.65. The smallest absolute Gasteiger partial charge is 0.329 e. The number of carbonyl (C=O) groups is 1. The first-order chi connectivity index (χ1) is 12.1. The number of rotatable bonds is 3. The van der Waals surface area contributed by atoms with E-state index in [1.807, 2.05) is 46.1 Å². The van der Waals surface area contributed by atoms with E-state index in [1.54, 1.807) is 22.4 Å². The fraction of sp³-hybridized carbons (Fsp3) is 0.389. The predicted molar refractivity (Wildman–Crippen MR) is 94.3 cm³/mol. The molecule has 1 saturated heterocycles. The second kappa shape index (κ2) is 6.23. The Labute approximate surface area is 145 Å². The minimum Gasteiger partial charge on any atom is -0.339 e. The predicted octanol–water partition coefficient (Wildman–Crippen LogP) is 1.40. The lowest BCUT2D eigenvalue weighted by atomic mass is 10.1. The van der Waals surface area contributed by atoms with Gasteiger partial charge in [0.1, 0.15) is 6.54 Å². The van der Waals surface area contributed by atoms with Crippen LogP contribution < -0.4 is 5.69 Å². The van der Waals surface area contributed by atoms with Gasteiger partial charge >= 0.3 is 5.69 Å². The highest BCUT2D eigenvalue weighted by Gasteiger charge is 2.26. The fourth-order valence-electron chi connectivity index (χ4n) is 3.65. The average Bonchev–Trinajstić information content (AvgIpc) is 3.26. The molecule has 3 heterocycles. The van der Waals surface area contributed by atoms with Crippen LogP contribution in [0.15, 0.2) is 47.5 Å². The summed E-state index contributed by atoms with van der Waals surface area (Å²) < 4.78 is 5.07. The van der Waals surface area contributed by atoms with Crippen LogP contribution in [0.1, 0.15) is 18.9 Å². The Hall–Kier alpha value is -2.83. The third kappa shape index (κ3) is 2.75. The Morgan fingerprint density at radius 3 is 2.80 bits per heavy atom. The number of imidazole rings is 1. The van der Waals surface area contributed by atoms with E-state index >= 15 is 0 Å². The van der Waals surface area contributed by atoms with Crippen molar-refractivity contribution in [2.45, 2.75) is 25.4 Å². The average molecular weight is 339 g/mol. The summed E-state index contributed by atoms with van der Waals surface area (Å²) in [4.78, 5) is 27.2. The van der Waals surface area contributed by atoms with Crippen molar-refractivity contribution in [2.24, 2.45) is 7.05 Å². The van der Waals surface area contributed by atoms with Gasteiger partial charge in [-0.05, 0) is 31.0 Å². The Bertz CT molecular complexity index is 954. The molecule has 7 heteroatoms. The lowest BCUT2D eigenvalue weighted by molar-refractivity contribution is -0.133. The molecule has 130 valence electrons. The van der Waals surface area contributed by atoms with E-state index in [1.165, 1.54) is 0 Å². The van der Waals surface area contributed by atoms with E-state index in [2.05, 4.69) is 5.10 Å². The number of nitrogens with zero attached hydrogens (tertiary/aromatic N) is 5. The number of hydrogen-bond acceptors (Lipinski definition) is 3. The van der Waals surface area contributed by atoms with Crippen molar-refractivity contribution < 1.29 is 4.79 Å². The van der Waals surface area contributed by atoms with Crippen LogP contribution in [0, 0.1) is 0 Å². The Morgan fingerprint density at radius 1 is 1.24 bits per heavy atom. The molecule has 7 nitrogen and oxygen atoms in total. The molecule has 0 radical (unpaired) electrons. The normalized spacial score (nSPS) is 18.0. The molecule has 1 aliphatic rings. The number of aryl methyl sites for hydroxylation is 1. The zero-order chi connectivity index (χ0) is 17.4. The number of carbonyl (C=O) groups excluding carboxylic acids is 1. The first-order valence-corrected chi connectivity index (χ1v) is 8.56. The van der Waals surface area contributed by atoms with Crippen molar-refractivity contribution >= 4 is 16.9 Å². The zero-order valence-corrected chi connectivity index (χ0v) is 14.2. The molecule has 25 heavy (non-hydrogen) atoms. The van der Waals surface area contributed by atoms with Crippen LogP contribution in [0.3, 0.4) is 0 Å². The molecule has 0 bridgehead atoms. The van der Waals surface area contributed by atoms with Gasteiger partial charge in [0.2, 0.25) is 5.91 Å². The van der Waals surface area contributed by atoms with Gasteiger partial charge in [0.15, 0.2) is 0 Å². The number of fused-ring (bicyclic) bond motifs is 1. The molecular formula is C18H21N5O2. The molecule has 1 amide bonds. The van der Waals surface area contributed by atoms with E-state index in [0.29, 0.717) is 6.54 Å². The number of amides is 1. The largest absolute Gasteiger partial charge is 0.339 e. The molecule has 0 aliphatic carbocycles. The van der Waals surface area contributed by atoms with E-state index in [9.17, 15) is 9.59 Å². The highest BCUT2D eigenvalue weighted by molar-refractivity contribution is 5.81. The van der Waals surface area contributed by atoms with Crippen molar-refractivity contribution in [1.29, 1.82) is 0 Å². The molecule has 2 aromatic heterocycles. The molecular weight excluding hydrogens is 318 g/mol. The lowest BCUT2D eigenvalue weighted by Gasteiger charge is -2.33. The van der Waals surface area contributed by atoms with E-state index < -0.39 is 0 Å². The number of piperidine rings is 1. The van der Waals surface area contributed by atoms with Crippen LogP contribution in [0.25, 0.3) is 11.0 Å². The highest BCUT2D eigenvalue weighted by Crippen LogP contribution is 2.21. The summed E-state index contributed by atoms with van der Waals surface area (Å²) in [6.07, 6.45) is 5.66. The standard InChI is InChI=1S/C18H21N5O2/c1-20-15-7-2-3-8-16(15)22(18(20)25)13-17(24)21-10-4-6-14(12-21)23-11-5-9-19-23/h2-3,5,7-9,11,14H,4,6,10,12-13H2,1H3. The van der Waals surface area contributed by atoms with Gasteiger partial charge < -0.3 is 4.90 Å². The van der Waals surface area contributed by atoms with E-state index in [4.69, 9.17) is 0 Å². The summed E-state index contributed by atoms with van der Waals surface area (Å²) in [5, 5.41) is 4.30. The zero-order valence-electron chi connectivity index (χ0n) is 14.2. The van der Waals surface area contributed by atoms with Gasteiger partial charge in [-0.2, -0.15) is 5.10 Å². The molecule has 1 unspecified atom stereocenters. The Kier molecular flexibility index (Phi) is 3.91. The SMILES string of the molecule is Cn1c(=O)n(CC(=O)N2CCCC(n3cccn3)C2)c2ccccc21. The lowest BCUT2D eigenvalue weighted by Crippen LogP contribution is -2.43. The van der Waals surface area contributed by atoms with E-state index in [-0.39, 0.29) is 24.2 Å². The maximum Gasteiger partial charge on any atom is 0.329 e. The summed E-state index contributed by atoms with van der Waals surface area (Å²) in [6, 6.07) is 9.66. The number of aromatic nitrogens is 4. The number of likely N-dealkylation sites (tertiary alicyclic amines) is 1. The van der Waals surface area contributed by atoms with E-state index in [0.717, 1.165) is 30.4 Å². The molecule has 0 saturated carbocycles. The minimum absolute atomic E-state index is 0.0182. The summed E-state index contributed by atoms with van der Waals surface area (Å²) >= 11 is 0. The van der Waals surface area contributed by atoms with Gasteiger partial charge in [-0.15, -0.1) is 0 Å². The van der Waals surface area contributed by atoms with Crippen LogP contribution >= 0.6 is 0 Å². The van der Waals surface area contributed by atoms with Crippen LogP contribution in [0.5, 0.6) is 0 Å². The summed E-state index contributed by atoms with van der Waals surface area (Å²) in [5.41, 5.74) is 1.48. The second-order valence-electron chi connectivity index (χ2n) is 6.54. The summed E-state index contributed by atoms with van der Waals surface area (Å²) in [6.45, 7) is 1.45. The quantitative estimate of drug-likeness (QED) is 0.724. The Balaban J connectivity index is 1.56. The van der Waals surface area contributed by atoms with Crippen molar-refractivity contribution in [3.63, 3.8) is 0 Å². The van der Waals surface area contributed by atoms with Crippen molar-refractivity contribution in [2.75, 3.05) is 13.1 Å². The van der Waals surface area contributed by atoms with Crippen LogP contribution in [0.2, 0.25) is 0 Å². The molecule has 0 spiro atoms. The highest BCUT2D eigenvalue weighted by atomic mass is 16.2. The van der Waals surface area contributed by atoms with Crippen molar-refractivity contribution in [3.8, 4) is 0 Å². The van der Waals surface area contributed by atoms with Gasteiger partial charge in [0.05, 0.1) is 17.1 Å². The first kappa shape index (κ1) is 15.7. The van der Waals surface area contributed by atoms with Gasteiger partial charge in [-0.3, -0.25) is 18.6 Å². The molecule has 3 aromatic rings. The van der Waals surface area contributed by atoms with Gasteiger partial charge in [-0.1, -0.05) is 12.1 Å². The second-order valence-corrected chi connectivity index (χ2v) is 6.54. The maximum absolute atomic E-state index is 12.8. The summed E-state index contributed by atoms with van der Waals surface area (Å²) in [7, 11) is 1.74. The molecule has 1 atom stereocenters. The van der Waals surface area contributed by atoms with Gasteiger partial charge in [0.25, 0.3) is 0 Å². The minimum atomic E-state index is -0.157. The third-order valence-corrected chi connectivity index (χ3v) is 4.99. The van der Waals surface area contributed by atoms with Crippen LogP contribution in [0.4, 0.5) is 0 Å². The Morgan fingerprint density at radius 2 is 2.04 bits per heavy atom. The summed E-state index contributed by atoms with van der Waals surface area (Å²) in [5.74, 6) is -0.0182. The topological polar surface area (TPSA) is 65.1 Å². The number of para-hydroxylation sites is 2. The molecule has 1 aliphatic heterocycles. The van der Waals surface area contributed by atoms with Crippen molar-refractivity contribution in [1.82, 2.24) is 23.8 Å². The molecule has 1 aromatic carbocycles. The number of hydrogen-bond donors (Lipinski definition) is 0. The van der Waals surface area contributed by atoms with Gasteiger partial charge in [0, 0.05) is 32.5 Å². The van der Waals surface area contributed by atoms with Crippen molar-refractivity contribution in [3.05, 3.63) is 53.2 Å². The number of benzene rings is 1. The monoisotopic (exact) mass is 339 g/mol. The van der Waals surface area contributed by atoms with Crippen LogP contribution in [-0.2, 0) is 18.4 Å². The van der Waals surface area contributed by atoms with Gasteiger partial charge in [-0.25, -0.2) is 4.79 Å².